The molecule has 7 nitrogen and oxygen atoms in total. The van der Waals surface area contributed by atoms with Crippen LogP contribution in [0.25, 0.3) is 6.08 Å². The number of ether oxygens (including phenoxy) is 1. The molecule has 1 N–H and O–H groups in total. The topological polar surface area (TPSA) is 83.2 Å². The predicted molar refractivity (Wildman–Crippen MR) is 127 cm³/mol. The number of carbonyl (C=O) groups is 2. The molecule has 1 aliphatic rings. The van der Waals surface area contributed by atoms with Gasteiger partial charge in [0, 0.05) is 13.1 Å². The molecule has 2 heterocycles. The van der Waals surface area contributed by atoms with Crippen molar-refractivity contribution in [3.8, 4) is 5.75 Å². The second kappa shape index (κ2) is 11.5. The van der Waals surface area contributed by atoms with Gasteiger partial charge in [0.2, 0.25) is 0 Å². The van der Waals surface area contributed by atoms with Crippen molar-refractivity contribution in [3.63, 3.8) is 0 Å². The minimum atomic E-state index is -0.702. The Morgan fingerprint density at radius 3 is 2.67 bits per heavy atom. The zero-order chi connectivity index (χ0) is 23.8. The normalized spacial score (nSPS) is 16.4. The van der Waals surface area contributed by atoms with E-state index in [9.17, 15) is 14.7 Å². The van der Waals surface area contributed by atoms with E-state index < -0.39 is 23.5 Å². The maximum atomic E-state index is 13.2. The van der Waals surface area contributed by atoms with Crippen molar-refractivity contribution in [3.05, 3.63) is 71.4 Å². The summed E-state index contributed by atoms with van der Waals surface area (Å²) in [6, 6.07) is 10.1. The molecule has 176 valence electrons. The van der Waals surface area contributed by atoms with E-state index in [0.29, 0.717) is 31.2 Å². The lowest BCUT2D eigenvalue weighted by atomic mass is 9.95. The quantitative estimate of drug-likeness (QED) is 0.481. The summed E-state index contributed by atoms with van der Waals surface area (Å²) in [4.78, 5) is 30.0. The Bertz CT molecular complexity index is 1010. The Morgan fingerprint density at radius 2 is 2.00 bits per heavy atom. The SMILES string of the molecule is CCCOc1cccc(C2C(C(=O)/C=C/c3ccco3)=C(O)C(=O)N2CCN(CC)CC)c1. The van der Waals surface area contributed by atoms with Crippen molar-refractivity contribution in [2.45, 2.75) is 33.2 Å². The summed E-state index contributed by atoms with van der Waals surface area (Å²) in [7, 11) is 0. The largest absolute Gasteiger partial charge is 0.503 e. The Labute approximate surface area is 194 Å². The number of allylic oxidation sites excluding steroid dienone is 1. The second-order valence-electron chi connectivity index (χ2n) is 7.82. The summed E-state index contributed by atoms with van der Waals surface area (Å²) in [5.41, 5.74) is 0.783. The highest BCUT2D eigenvalue weighted by atomic mass is 16.5. The fourth-order valence-corrected chi connectivity index (χ4v) is 3.90. The molecule has 0 fully saturated rings. The minimum absolute atomic E-state index is 0.0648. The minimum Gasteiger partial charge on any atom is -0.503 e. The van der Waals surface area contributed by atoms with E-state index in [2.05, 4.69) is 18.7 Å². The first-order valence-electron chi connectivity index (χ1n) is 11.4. The number of amides is 1. The van der Waals surface area contributed by atoms with Crippen molar-refractivity contribution in [1.82, 2.24) is 9.80 Å². The molecule has 7 heteroatoms. The second-order valence-corrected chi connectivity index (χ2v) is 7.82. The molecule has 0 saturated heterocycles. The van der Waals surface area contributed by atoms with E-state index >= 15 is 0 Å². The van der Waals surface area contributed by atoms with Crippen LogP contribution in [0.5, 0.6) is 5.75 Å². The molecule has 1 unspecified atom stereocenters. The number of likely N-dealkylation sites (N-methyl/N-ethyl adjacent to an activating group) is 1. The van der Waals surface area contributed by atoms with Crippen LogP contribution in [0.1, 0.15) is 44.6 Å². The van der Waals surface area contributed by atoms with E-state index in [-0.39, 0.29) is 5.57 Å². The number of carbonyl (C=O) groups excluding carboxylic acids is 2. The van der Waals surface area contributed by atoms with Crippen LogP contribution in [-0.4, -0.2) is 59.4 Å². The first kappa shape index (κ1) is 24.3. The van der Waals surface area contributed by atoms with E-state index in [0.717, 1.165) is 25.1 Å². The van der Waals surface area contributed by atoms with Gasteiger partial charge in [-0.25, -0.2) is 0 Å². The third-order valence-corrected chi connectivity index (χ3v) is 5.71. The first-order chi connectivity index (χ1) is 16.0. The van der Waals surface area contributed by atoms with Crippen molar-refractivity contribution in [2.24, 2.45) is 0 Å². The number of hydrogen-bond acceptors (Lipinski definition) is 6. The summed E-state index contributed by atoms with van der Waals surface area (Å²) >= 11 is 0. The maximum absolute atomic E-state index is 13.2. The third kappa shape index (κ3) is 5.73. The molecule has 33 heavy (non-hydrogen) atoms. The Hall–Kier alpha value is -3.32. The van der Waals surface area contributed by atoms with Gasteiger partial charge in [0.25, 0.3) is 5.91 Å². The van der Waals surface area contributed by atoms with Crippen LogP contribution in [0.4, 0.5) is 0 Å². The van der Waals surface area contributed by atoms with Crippen molar-refractivity contribution in [2.75, 3.05) is 32.8 Å². The highest BCUT2D eigenvalue weighted by molar-refractivity contribution is 6.14. The summed E-state index contributed by atoms with van der Waals surface area (Å²) in [5.74, 6) is -0.310. The van der Waals surface area contributed by atoms with Gasteiger partial charge >= 0.3 is 0 Å². The lowest BCUT2D eigenvalue weighted by Crippen LogP contribution is -2.38. The van der Waals surface area contributed by atoms with Gasteiger partial charge in [-0.2, -0.15) is 0 Å². The molecule has 2 aromatic rings. The predicted octanol–water partition coefficient (Wildman–Crippen LogP) is 4.39. The van der Waals surface area contributed by atoms with Crippen molar-refractivity contribution < 1.29 is 23.8 Å². The summed E-state index contributed by atoms with van der Waals surface area (Å²) in [6.07, 6.45) is 5.24. The molecule has 1 atom stereocenters. The van der Waals surface area contributed by atoms with Crippen LogP contribution >= 0.6 is 0 Å². The lowest BCUT2D eigenvalue weighted by Gasteiger charge is -2.29. The molecule has 0 spiro atoms. The van der Waals surface area contributed by atoms with Crippen LogP contribution in [0.15, 0.2) is 64.5 Å². The number of ketones is 1. The van der Waals surface area contributed by atoms with Gasteiger partial charge in [0.05, 0.1) is 24.5 Å². The van der Waals surface area contributed by atoms with E-state index in [1.54, 1.807) is 17.0 Å². The maximum Gasteiger partial charge on any atom is 0.290 e. The van der Waals surface area contributed by atoms with E-state index in [1.165, 1.54) is 18.4 Å². The number of benzene rings is 1. The van der Waals surface area contributed by atoms with Crippen LogP contribution < -0.4 is 4.74 Å². The number of rotatable bonds is 12. The molecule has 1 aromatic heterocycles. The van der Waals surface area contributed by atoms with Crippen LogP contribution in [0.3, 0.4) is 0 Å². The molecular formula is C26H32N2O5. The fourth-order valence-electron chi connectivity index (χ4n) is 3.90. The van der Waals surface area contributed by atoms with Crippen LogP contribution in [0, 0.1) is 0 Å². The first-order valence-corrected chi connectivity index (χ1v) is 11.4. The van der Waals surface area contributed by atoms with E-state index in [4.69, 9.17) is 9.15 Å². The Kier molecular flexibility index (Phi) is 8.49. The molecular weight excluding hydrogens is 420 g/mol. The lowest BCUT2D eigenvalue weighted by molar-refractivity contribution is -0.129. The van der Waals surface area contributed by atoms with Gasteiger partial charge in [-0.15, -0.1) is 0 Å². The fraction of sp³-hybridized carbons (Fsp3) is 0.385. The summed E-state index contributed by atoms with van der Waals surface area (Å²) < 4.78 is 11.0. The van der Waals surface area contributed by atoms with Gasteiger partial charge < -0.3 is 24.1 Å². The van der Waals surface area contributed by atoms with Gasteiger partial charge in [-0.3, -0.25) is 9.59 Å². The average Bonchev–Trinajstić information content (AvgIpc) is 3.44. The summed E-state index contributed by atoms with van der Waals surface area (Å²) in [5, 5.41) is 10.7. The molecule has 1 amide bonds. The monoisotopic (exact) mass is 452 g/mol. The van der Waals surface area contributed by atoms with Crippen molar-refractivity contribution in [1.29, 1.82) is 0 Å². The Morgan fingerprint density at radius 1 is 1.21 bits per heavy atom. The highest BCUT2D eigenvalue weighted by Crippen LogP contribution is 2.39. The van der Waals surface area contributed by atoms with Gasteiger partial charge in [0.1, 0.15) is 11.5 Å². The molecule has 0 saturated carbocycles. The number of aliphatic hydroxyl groups is 1. The van der Waals surface area contributed by atoms with Gasteiger partial charge in [-0.1, -0.05) is 32.9 Å². The molecule has 1 aromatic carbocycles. The van der Waals surface area contributed by atoms with Crippen LogP contribution in [-0.2, 0) is 9.59 Å². The number of hydrogen-bond donors (Lipinski definition) is 1. The third-order valence-electron chi connectivity index (χ3n) is 5.71. The molecule has 3 rings (SSSR count). The molecule has 1 aliphatic heterocycles. The van der Waals surface area contributed by atoms with Crippen molar-refractivity contribution >= 4 is 17.8 Å². The molecule has 0 aliphatic carbocycles. The Balaban J connectivity index is 1.96. The zero-order valence-electron chi connectivity index (χ0n) is 19.5. The van der Waals surface area contributed by atoms with E-state index in [1.807, 2.05) is 31.2 Å². The number of furan rings is 1. The standard InChI is InChI=1S/C26H32N2O5/c1-4-16-32-21-10-7-9-19(18-21)24-23(22(29)13-12-20-11-8-17-33-20)25(30)26(31)28(24)15-14-27(5-2)6-3/h7-13,17-18,24,30H,4-6,14-16H2,1-3H3/b13-12+. The van der Waals surface area contributed by atoms with Crippen LogP contribution in [0.2, 0.25) is 0 Å². The zero-order valence-corrected chi connectivity index (χ0v) is 19.5. The van der Waals surface area contributed by atoms with Gasteiger partial charge in [0.15, 0.2) is 11.5 Å². The summed E-state index contributed by atoms with van der Waals surface area (Å²) in [6.45, 7) is 9.43. The smallest absolute Gasteiger partial charge is 0.290 e. The number of aliphatic hydroxyl groups excluding tert-OH is 1. The average molecular weight is 453 g/mol. The van der Waals surface area contributed by atoms with Gasteiger partial charge in [-0.05, 0) is 61.5 Å². The molecule has 0 bridgehead atoms. The number of nitrogens with zero attached hydrogens (tertiary/aromatic N) is 2. The highest BCUT2D eigenvalue weighted by Gasteiger charge is 2.42. The molecule has 0 radical (unpaired) electrons.